The molecule has 6 nitrogen and oxygen atoms in total. The molecule has 1 N–H and O–H groups in total. The molecule has 0 bridgehead atoms. The second-order valence-electron chi connectivity index (χ2n) is 6.67. The molecule has 3 rings (SSSR count). The summed E-state index contributed by atoms with van der Waals surface area (Å²) < 4.78 is 0. The first kappa shape index (κ1) is 16.8. The SMILES string of the molecule is CN(CC1CC1)C(=O)CN1C(=O)N[C@](C)(c2ccc(Cl)cc2)C1=O. The lowest BCUT2D eigenvalue weighted by Gasteiger charge is -2.23. The first-order valence-corrected chi connectivity index (χ1v) is 8.33. The van der Waals surface area contributed by atoms with Crippen molar-refractivity contribution < 1.29 is 14.4 Å². The number of hydrogen-bond donors (Lipinski definition) is 1. The Balaban J connectivity index is 1.73. The van der Waals surface area contributed by atoms with E-state index in [4.69, 9.17) is 11.6 Å². The normalized spacial score (nSPS) is 23.4. The third-order valence-corrected chi connectivity index (χ3v) is 4.90. The highest BCUT2D eigenvalue weighted by Crippen LogP contribution is 2.31. The third-order valence-electron chi connectivity index (χ3n) is 4.64. The van der Waals surface area contributed by atoms with Gasteiger partial charge in [-0.3, -0.25) is 14.5 Å². The van der Waals surface area contributed by atoms with E-state index in [-0.39, 0.29) is 12.5 Å². The maximum absolute atomic E-state index is 12.8. The van der Waals surface area contributed by atoms with Crippen LogP contribution in [-0.4, -0.2) is 47.8 Å². The number of nitrogens with zero attached hydrogens (tertiary/aromatic N) is 2. The number of hydrogen-bond acceptors (Lipinski definition) is 3. The summed E-state index contributed by atoms with van der Waals surface area (Å²) >= 11 is 5.87. The van der Waals surface area contributed by atoms with Crippen molar-refractivity contribution in [2.45, 2.75) is 25.3 Å². The van der Waals surface area contributed by atoms with Crippen molar-refractivity contribution >= 4 is 29.4 Å². The number of imide groups is 1. The molecule has 0 spiro atoms. The minimum Gasteiger partial charge on any atom is -0.344 e. The Morgan fingerprint density at radius 2 is 1.96 bits per heavy atom. The molecule has 1 aliphatic heterocycles. The maximum Gasteiger partial charge on any atom is 0.325 e. The van der Waals surface area contributed by atoms with E-state index in [0.717, 1.165) is 17.7 Å². The Labute approximate surface area is 145 Å². The van der Waals surface area contributed by atoms with E-state index in [1.807, 2.05) is 0 Å². The molecule has 7 heteroatoms. The number of carbonyl (C=O) groups is 3. The summed E-state index contributed by atoms with van der Waals surface area (Å²) in [5.41, 5.74) is -0.552. The fraction of sp³-hybridized carbons (Fsp3) is 0.471. The summed E-state index contributed by atoms with van der Waals surface area (Å²) in [5, 5.41) is 3.24. The highest BCUT2D eigenvalue weighted by molar-refractivity contribution is 6.30. The Hall–Kier alpha value is -2.08. The van der Waals surface area contributed by atoms with Crippen LogP contribution in [0, 0.1) is 5.92 Å². The van der Waals surface area contributed by atoms with Crippen molar-refractivity contribution in [3.8, 4) is 0 Å². The van der Waals surface area contributed by atoms with E-state index in [1.165, 1.54) is 0 Å². The fourth-order valence-corrected chi connectivity index (χ4v) is 2.99. The third kappa shape index (κ3) is 3.11. The van der Waals surface area contributed by atoms with Gasteiger partial charge in [0.1, 0.15) is 12.1 Å². The number of benzene rings is 1. The van der Waals surface area contributed by atoms with Crippen LogP contribution in [0.2, 0.25) is 5.02 Å². The molecule has 1 atom stereocenters. The van der Waals surface area contributed by atoms with Crippen LogP contribution in [0.15, 0.2) is 24.3 Å². The summed E-state index contributed by atoms with van der Waals surface area (Å²) in [6.07, 6.45) is 2.27. The molecule has 1 heterocycles. The Morgan fingerprint density at radius 3 is 2.54 bits per heavy atom. The van der Waals surface area contributed by atoms with Gasteiger partial charge in [0.2, 0.25) is 5.91 Å². The molecule has 0 unspecified atom stereocenters. The van der Waals surface area contributed by atoms with E-state index in [9.17, 15) is 14.4 Å². The van der Waals surface area contributed by atoms with Crippen molar-refractivity contribution in [1.82, 2.24) is 15.1 Å². The number of urea groups is 1. The van der Waals surface area contributed by atoms with Crippen LogP contribution in [-0.2, 0) is 15.1 Å². The Morgan fingerprint density at radius 1 is 1.33 bits per heavy atom. The van der Waals surface area contributed by atoms with Crippen molar-refractivity contribution in [2.24, 2.45) is 5.92 Å². The number of rotatable bonds is 5. The summed E-state index contributed by atoms with van der Waals surface area (Å²) in [5.74, 6) is -0.102. The molecular formula is C17H20ClN3O3. The van der Waals surface area contributed by atoms with Gasteiger partial charge in [0.15, 0.2) is 0 Å². The summed E-state index contributed by atoms with van der Waals surface area (Å²) in [7, 11) is 1.71. The van der Waals surface area contributed by atoms with E-state index >= 15 is 0 Å². The van der Waals surface area contributed by atoms with Crippen LogP contribution in [0.1, 0.15) is 25.3 Å². The highest BCUT2D eigenvalue weighted by atomic mass is 35.5. The number of nitrogens with one attached hydrogen (secondary N) is 1. The van der Waals surface area contributed by atoms with Gasteiger partial charge in [0, 0.05) is 18.6 Å². The van der Waals surface area contributed by atoms with Gasteiger partial charge < -0.3 is 10.2 Å². The average molecular weight is 350 g/mol. The first-order valence-electron chi connectivity index (χ1n) is 7.95. The highest BCUT2D eigenvalue weighted by Gasteiger charge is 2.49. The predicted molar refractivity (Wildman–Crippen MR) is 89.4 cm³/mol. The van der Waals surface area contributed by atoms with Gasteiger partial charge in [-0.05, 0) is 43.4 Å². The molecule has 1 aromatic rings. The molecule has 1 saturated carbocycles. The number of halogens is 1. The van der Waals surface area contributed by atoms with E-state index in [0.29, 0.717) is 23.0 Å². The van der Waals surface area contributed by atoms with Crippen molar-refractivity contribution in [1.29, 1.82) is 0 Å². The van der Waals surface area contributed by atoms with Crippen LogP contribution in [0.25, 0.3) is 0 Å². The molecule has 1 aliphatic carbocycles. The number of amides is 4. The topological polar surface area (TPSA) is 69.7 Å². The van der Waals surface area contributed by atoms with Crippen molar-refractivity contribution in [3.05, 3.63) is 34.9 Å². The zero-order valence-corrected chi connectivity index (χ0v) is 14.5. The van der Waals surface area contributed by atoms with Gasteiger partial charge in [-0.2, -0.15) is 0 Å². The quantitative estimate of drug-likeness (QED) is 0.826. The smallest absolute Gasteiger partial charge is 0.325 e. The molecule has 0 radical (unpaired) electrons. The zero-order valence-electron chi connectivity index (χ0n) is 13.7. The van der Waals surface area contributed by atoms with E-state index in [2.05, 4.69) is 5.32 Å². The van der Waals surface area contributed by atoms with Gasteiger partial charge >= 0.3 is 6.03 Å². The number of carbonyl (C=O) groups excluding carboxylic acids is 3. The monoisotopic (exact) mass is 349 g/mol. The van der Waals surface area contributed by atoms with Crippen LogP contribution in [0.3, 0.4) is 0 Å². The van der Waals surface area contributed by atoms with Crippen molar-refractivity contribution in [3.63, 3.8) is 0 Å². The standard InChI is InChI=1S/C17H20ClN3O3/c1-17(12-5-7-13(18)8-6-12)15(23)21(16(24)19-17)10-14(22)20(2)9-11-3-4-11/h5-8,11H,3-4,9-10H2,1-2H3,(H,19,24)/t17-/m1/s1. The van der Waals surface area contributed by atoms with E-state index in [1.54, 1.807) is 43.1 Å². The lowest BCUT2D eigenvalue weighted by Crippen LogP contribution is -2.44. The van der Waals surface area contributed by atoms with Crippen LogP contribution < -0.4 is 5.32 Å². The lowest BCUT2D eigenvalue weighted by molar-refractivity contribution is -0.138. The Kier molecular flexibility index (Phi) is 4.25. The minimum absolute atomic E-state index is 0.231. The largest absolute Gasteiger partial charge is 0.344 e. The molecule has 2 aliphatic rings. The second kappa shape index (κ2) is 6.09. The number of likely N-dealkylation sites (N-methyl/N-ethyl adjacent to an activating group) is 1. The molecule has 1 aromatic carbocycles. The van der Waals surface area contributed by atoms with E-state index < -0.39 is 17.5 Å². The van der Waals surface area contributed by atoms with Gasteiger partial charge in [-0.15, -0.1) is 0 Å². The Bertz CT molecular complexity index is 687. The van der Waals surface area contributed by atoms with Gasteiger partial charge in [-0.25, -0.2) is 4.79 Å². The molecular weight excluding hydrogens is 330 g/mol. The van der Waals surface area contributed by atoms with Crippen LogP contribution in [0.5, 0.6) is 0 Å². The molecule has 128 valence electrons. The molecule has 4 amide bonds. The molecule has 24 heavy (non-hydrogen) atoms. The zero-order chi connectivity index (χ0) is 17.5. The predicted octanol–water partition coefficient (Wildman–Crippen LogP) is 1.98. The summed E-state index contributed by atoms with van der Waals surface area (Å²) in [6, 6.07) is 6.18. The van der Waals surface area contributed by atoms with Gasteiger partial charge in [0.05, 0.1) is 0 Å². The van der Waals surface area contributed by atoms with Crippen LogP contribution in [0.4, 0.5) is 4.79 Å². The average Bonchev–Trinajstić information content (AvgIpc) is 3.32. The molecule has 0 aromatic heterocycles. The lowest BCUT2D eigenvalue weighted by atomic mass is 9.92. The molecule has 1 saturated heterocycles. The summed E-state index contributed by atoms with van der Waals surface area (Å²) in [4.78, 5) is 39.8. The molecule has 2 fully saturated rings. The van der Waals surface area contributed by atoms with Crippen LogP contribution >= 0.6 is 11.6 Å². The minimum atomic E-state index is -1.18. The first-order chi connectivity index (χ1) is 11.3. The second-order valence-corrected chi connectivity index (χ2v) is 7.11. The van der Waals surface area contributed by atoms with Crippen molar-refractivity contribution in [2.75, 3.05) is 20.1 Å². The summed E-state index contributed by atoms with van der Waals surface area (Å²) in [6.45, 7) is 2.07. The fourth-order valence-electron chi connectivity index (χ4n) is 2.86. The van der Waals surface area contributed by atoms with Gasteiger partial charge in [-0.1, -0.05) is 23.7 Å². The van der Waals surface area contributed by atoms with Gasteiger partial charge in [0.25, 0.3) is 5.91 Å². The maximum atomic E-state index is 12.8.